The van der Waals surface area contributed by atoms with Crippen LogP contribution >= 0.6 is 11.6 Å². The molecule has 0 unspecified atom stereocenters. The summed E-state index contributed by atoms with van der Waals surface area (Å²) in [6, 6.07) is 9.46. The molecule has 1 saturated carbocycles. The van der Waals surface area contributed by atoms with Crippen LogP contribution in [0, 0.1) is 5.41 Å². The number of rotatable bonds is 9. The zero-order valence-corrected chi connectivity index (χ0v) is 21.4. The molecule has 5 rings (SSSR count). The fraction of sp³-hybridized carbons (Fsp3) is 0.360. The number of ketones is 1. The predicted molar refractivity (Wildman–Crippen MR) is 133 cm³/mol. The Morgan fingerprint density at radius 2 is 1.87 bits per heavy atom. The molecule has 0 spiro atoms. The highest BCUT2D eigenvalue weighted by atomic mass is 35.5. The number of hydrogen-bond acceptors (Lipinski definition) is 7. The van der Waals surface area contributed by atoms with Gasteiger partial charge in [-0.1, -0.05) is 18.5 Å². The summed E-state index contributed by atoms with van der Waals surface area (Å²) < 4.78 is 42.4. The van der Waals surface area contributed by atoms with Crippen LogP contribution in [0.15, 0.2) is 53.7 Å². The molecule has 0 amide bonds. The van der Waals surface area contributed by atoms with Crippen molar-refractivity contribution in [1.82, 2.24) is 34.1 Å². The van der Waals surface area contributed by atoms with Crippen molar-refractivity contribution in [2.45, 2.75) is 51.6 Å². The SMILES string of the molecule is CC1(C(=O)Cc2ncccc2-n2cnc(Cn3nc(-c4ccc(Cl)cc4)n(C[C@H](O)C(F)(F)F)c3=O)n2)CC1. The van der Waals surface area contributed by atoms with E-state index in [1.54, 1.807) is 18.3 Å². The maximum Gasteiger partial charge on any atom is 0.416 e. The van der Waals surface area contributed by atoms with Gasteiger partial charge in [-0.05, 0) is 49.2 Å². The van der Waals surface area contributed by atoms with Gasteiger partial charge in [0.2, 0.25) is 0 Å². The molecule has 0 radical (unpaired) electrons. The number of aliphatic hydroxyl groups is 1. The summed E-state index contributed by atoms with van der Waals surface area (Å²) in [5.41, 5.74) is 0.202. The van der Waals surface area contributed by atoms with Crippen molar-refractivity contribution in [3.63, 3.8) is 0 Å². The van der Waals surface area contributed by atoms with E-state index >= 15 is 0 Å². The van der Waals surface area contributed by atoms with Gasteiger partial charge < -0.3 is 5.11 Å². The third-order valence-corrected chi connectivity index (χ3v) is 6.96. The number of benzene rings is 1. The zero-order valence-electron chi connectivity index (χ0n) is 20.6. The van der Waals surface area contributed by atoms with Crippen molar-refractivity contribution < 1.29 is 23.1 Å². The van der Waals surface area contributed by atoms with Crippen molar-refractivity contribution in [3.8, 4) is 17.1 Å². The van der Waals surface area contributed by atoms with Crippen molar-refractivity contribution in [2.24, 2.45) is 5.41 Å². The van der Waals surface area contributed by atoms with Crippen LogP contribution in [-0.2, 0) is 24.3 Å². The Kier molecular flexibility index (Phi) is 6.89. The molecule has 0 saturated heterocycles. The number of aromatic nitrogens is 7. The van der Waals surface area contributed by atoms with Crippen molar-refractivity contribution >= 4 is 17.4 Å². The molecular formula is C25H23ClF3N7O3. The van der Waals surface area contributed by atoms with Crippen molar-refractivity contribution in [2.75, 3.05) is 0 Å². The van der Waals surface area contributed by atoms with Gasteiger partial charge in [-0.25, -0.2) is 19.1 Å². The average molecular weight is 562 g/mol. The number of carbonyl (C=O) groups excluding carboxylic acids is 1. The molecule has 1 aliphatic carbocycles. The first-order chi connectivity index (χ1) is 18.4. The fourth-order valence-electron chi connectivity index (χ4n) is 4.02. The van der Waals surface area contributed by atoms with E-state index in [0.29, 0.717) is 22.0 Å². The molecule has 4 aromatic rings. The van der Waals surface area contributed by atoms with Crippen LogP contribution in [0.25, 0.3) is 17.1 Å². The molecule has 0 aliphatic heterocycles. The van der Waals surface area contributed by atoms with E-state index in [-0.39, 0.29) is 35.8 Å². The lowest BCUT2D eigenvalue weighted by molar-refractivity contribution is -0.207. The molecule has 3 heterocycles. The number of alkyl halides is 3. The Bertz CT molecular complexity index is 1570. The van der Waals surface area contributed by atoms with Gasteiger partial charge in [0, 0.05) is 22.2 Å². The highest BCUT2D eigenvalue weighted by molar-refractivity contribution is 6.30. The summed E-state index contributed by atoms with van der Waals surface area (Å²) in [5, 5.41) is 18.6. The van der Waals surface area contributed by atoms with E-state index in [1.807, 2.05) is 6.92 Å². The van der Waals surface area contributed by atoms with E-state index < -0.39 is 24.5 Å². The molecule has 1 aromatic carbocycles. The first-order valence-corrected chi connectivity index (χ1v) is 12.4. The van der Waals surface area contributed by atoms with E-state index in [1.165, 1.54) is 35.3 Å². The molecule has 3 aromatic heterocycles. The summed E-state index contributed by atoms with van der Waals surface area (Å²) in [4.78, 5) is 34.3. The van der Waals surface area contributed by atoms with Crippen molar-refractivity contribution in [1.29, 1.82) is 0 Å². The lowest BCUT2D eigenvalue weighted by atomic mass is 9.99. The monoisotopic (exact) mass is 561 g/mol. The van der Waals surface area contributed by atoms with Gasteiger partial charge in [0.15, 0.2) is 17.8 Å². The molecule has 10 nitrogen and oxygen atoms in total. The lowest BCUT2D eigenvalue weighted by Crippen LogP contribution is -2.37. The van der Waals surface area contributed by atoms with Crippen LogP contribution in [0.5, 0.6) is 0 Å². The Morgan fingerprint density at radius 3 is 2.54 bits per heavy atom. The first kappa shape index (κ1) is 26.8. The van der Waals surface area contributed by atoms with E-state index in [4.69, 9.17) is 11.6 Å². The number of aliphatic hydroxyl groups excluding tert-OH is 1. The number of nitrogens with zero attached hydrogens (tertiary/aromatic N) is 7. The summed E-state index contributed by atoms with van der Waals surface area (Å²) in [6.07, 6.45) is -2.90. The molecule has 1 aliphatic rings. The number of Topliss-reactive ketones (excluding diaryl/α,β-unsaturated/α-hetero) is 1. The first-order valence-electron chi connectivity index (χ1n) is 12.0. The van der Waals surface area contributed by atoms with Crippen LogP contribution in [0.2, 0.25) is 5.02 Å². The largest absolute Gasteiger partial charge is 0.416 e. The third-order valence-electron chi connectivity index (χ3n) is 6.70. The molecule has 1 atom stereocenters. The molecule has 1 N–H and O–H groups in total. The standard InChI is InChI=1S/C25H23ClF3N7O3/c1-24(8-9-24)19(37)11-17-18(3-2-10-30-17)36-14-31-21(32-36)13-35-23(39)34(12-20(38)25(27,28)29)22(33-35)15-4-6-16(26)7-5-15/h2-7,10,14,20,38H,8-9,11-13H2,1H3/t20-/m0/s1. The predicted octanol–water partition coefficient (Wildman–Crippen LogP) is 3.22. The highest BCUT2D eigenvalue weighted by Gasteiger charge is 2.44. The second-order valence-corrected chi connectivity index (χ2v) is 10.1. The van der Waals surface area contributed by atoms with Gasteiger partial charge in [-0.3, -0.25) is 14.3 Å². The summed E-state index contributed by atoms with van der Waals surface area (Å²) in [7, 11) is 0. The number of pyridine rings is 1. The second kappa shape index (κ2) is 10.0. The van der Waals surface area contributed by atoms with Crippen LogP contribution in [0.3, 0.4) is 0 Å². The van der Waals surface area contributed by atoms with Crippen molar-refractivity contribution in [3.05, 3.63) is 75.9 Å². The van der Waals surface area contributed by atoms with Crippen LogP contribution in [0.1, 0.15) is 31.3 Å². The second-order valence-electron chi connectivity index (χ2n) is 9.67. The van der Waals surface area contributed by atoms with Gasteiger partial charge in [-0.2, -0.15) is 13.2 Å². The van der Waals surface area contributed by atoms with Crippen LogP contribution in [0.4, 0.5) is 13.2 Å². The molecule has 204 valence electrons. The fourth-order valence-corrected chi connectivity index (χ4v) is 4.15. The minimum atomic E-state index is -4.93. The van der Waals surface area contributed by atoms with Crippen LogP contribution < -0.4 is 5.69 Å². The van der Waals surface area contributed by atoms with Gasteiger partial charge in [0.05, 0.1) is 24.3 Å². The quantitative estimate of drug-likeness (QED) is 0.333. The normalized spacial score (nSPS) is 15.3. The number of carbonyl (C=O) groups is 1. The number of halogens is 4. The van der Waals surface area contributed by atoms with Gasteiger partial charge in [-0.15, -0.1) is 10.2 Å². The summed E-state index contributed by atoms with van der Waals surface area (Å²) >= 11 is 5.92. The molecule has 14 heteroatoms. The third kappa shape index (κ3) is 5.64. The zero-order chi connectivity index (χ0) is 27.9. The van der Waals surface area contributed by atoms with E-state index in [9.17, 15) is 27.9 Å². The Morgan fingerprint density at radius 1 is 1.15 bits per heavy atom. The Hall–Kier alpha value is -3.84. The number of hydrogen-bond donors (Lipinski definition) is 1. The molecule has 0 bridgehead atoms. The maximum atomic E-state index is 13.1. The highest BCUT2D eigenvalue weighted by Crippen LogP contribution is 2.46. The van der Waals surface area contributed by atoms with E-state index in [0.717, 1.165) is 22.1 Å². The summed E-state index contributed by atoms with van der Waals surface area (Å²) in [5.74, 6) is 0.160. The Balaban J connectivity index is 1.44. The molecular weight excluding hydrogens is 539 g/mol. The van der Waals surface area contributed by atoms with Gasteiger partial charge in [0.25, 0.3) is 0 Å². The maximum absolute atomic E-state index is 13.1. The molecule has 39 heavy (non-hydrogen) atoms. The van der Waals surface area contributed by atoms with Gasteiger partial charge in [0.1, 0.15) is 18.7 Å². The van der Waals surface area contributed by atoms with E-state index in [2.05, 4.69) is 20.2 Å². The topological polar surface area (TPSA) is 121 Å². The van der Waals surface area contributed by atoms with Gasteiger partial charge >= 0.3 is 11.9 Å². The average Bonchev–Trinajstić information content (AvgIpc) is 3.36. The minimum Gasteiger partial charge on any atom is -0.382 e. The Labute approximate surface area is 224 Å². The minimum absolute atomic E-state index is 0.0824. The summed E-state index contributed by atoms with van der Waals surface area (Å²) in [6.45, 7) is 0.622. The van der Waals surface area contributed by atoms with Crippen LogP contribution in [-0.4, -0.2) is 57.3 Å². The lowest BCUT2D eigenvalue weighted by Gasteiger charge is -2.15. The molecule has 1 fully saturated rings. The smallest absolute Gasteiger partial charge is 0.382 e.